The van der Waals surface area contributed by atoms with E-state index in [1.807, 2.05) is 6.92 Å². The van der Waals surface area contributed by atoms with E-state index in [0.717, 1.165) is 0 Å². The number of carbonyl (C=O) groups excluding carboxylic acids is 2. The Morgan fingerprint density at radius 2 is 1.69 bits per heavy atom. The number of amides is 2. The first-order valence-electron chi connectivity index (χ1n) is 8.52. The normalized spacial score (nSPS) is 14.3. The van der Waals surface area contributed by atoms with Crippen LogP contribution in [-0.4, -0.2) is 64.9 Å². The second kappa shape index (κ2) is 7.51. The molecule has 7 heteroatoms. The molecule has 0 bridgehead atoms. The largest absolute Gasteiger partial charge is 0.497 e. The standard InChI is InChI=1S/C19H22N4O3/c1-13-17(12-20-14(2)21-13)19(25)23-9-7-22(8-10-23)18(24)15-5-4-6-16(11-15)26-3/h4-6,11-12H,7-10H2,1-3H3. The highest BCUT2D eigenvalue weighted by Crippen LogP contribution is 2.16. The molecule has 1 saturated heterocycles. The van der Waals surface area contributed by atoms with Crippen molar-refractivity contribution in [3.63, 3.8) is 0 Å². The number of hydrogen-bond acceptors (Lipinski definition) is 5. The second-order valence-corrected chi connectivity index (χ2v) is 6.23. The van der Waals surface area contributed by atoms with Crippen LogP contribution in [0.5, 0.6) is 5.75 Å². The summed E-state index contributed by atoms with van der Waals surface area (Å²) in [5, 5.41) is 0. The van der Waals surface area contributed by atoms with E-state index in [0.29, 0.717) is 54.6 Å². The van der Waals surface area contributed by atoms with Crippen LogP contribution < -0.4 is 4.74 Å². The molecule has 2 aromatic rings. The maximum atomic E-state index is 12.7. The van der Waals surface area contributed by atoms with Gasteiger partial charge in [0.15, 0.2) is 0 Å². The number of ether oxygens (including phenoxy) is 1. The highest BCUT2D eigenvalue weighted by atomic mass is 16.5. The van der Waals surface area contributed by atoms with Crippen LogP contribution in [0.25, 0.3) is 0 Å². The van der Waals surface area contributed by atoms with E-state index in [1.54, 1.807) is 54.3 Å². The van der Waals surface area contributed by atoms with Gasteiger partial charge in [-0.1, -0.05) is 6.07 Å². The summed E-state index contributed by atoms with van der Waals surface area (Å²) < 4.78 is 5.17. The molecule has 0 unspecified atom stereocenters. The van der Waals surface area contributed by atoms with Crippen molar-refractivity contribution < 1.29 is 14.3 Å². The van der Waals surface area contributed by atoms with Gasteiger partial charge < -0.3 is 14.5 Å². The maximum Gasteiger partial charge on any atom is 0.257 e. The van der Waals surface area contributed by atoms with Crippen LogP contribution in [0.15, 0.2) is 30.5 Å². The molecule has 1 aliphatic rings. The zero-order valence-corrected chi connectivity index (χ0v) is 15.2. The monoisotopic (exact) mass is 354 g/mol. The molecule has 1 aliphatic heterocycles. The third-order valence-corrected chi connectivity index (χ3v) is 4.50. The fourth-order valence-corrected chi connectivity index (χ4v) is 3.01. The number of aryl methyl sites for hydroxylation is 2. The van der Waals surface area contributed by atoms with Gasteiger partial charge in [-0.05, 0) is 32.0 Å². The minimum Gasteiger partial charge on any atom is -0.497 e. The third kappa shape index (κ3) is 3.66. The number of carbonyl (C=O) groups is 2. The number of methoxy groups -OCH3 is 1. The van der Waals surface area contributed by atoms with Crippen molar-refractivity contribution >= 4 is 11.8 Å². The highest BCUT2D eigenvalue weighted by molar-refractivity contribution is 5.96. The van der Waals surface area contributed by atoms with Crippen molar-refractivity contribution in [1.29, 1.82) is 0 Å². The molecule has 0 radical (unpaired) electrons. The molecular formula is C19H22N4O3. The predicted molar refractivity (Wildman–Crippen MR) is 96.3 cm³/mol. The fourth-order valence-electron chi connectivity index (χ4n) is 3.01. The van der Waals surface area contributed by atoms with Crippen molar-refractivity contribution in [3.8, 4) is 5.75 Å². The Morgan fingerprint density at radius 1 is 1.04 bits per heavy atom. The molecule has 3 rings (SSSR count). The van der Waals surface area contributed by atoms with E-state index in [4.69, 9.17) is 4.74 Å². The Hall–Kier alpha value is -2.96. The minimum atomic E-state index is -0.0871. The summed E-state index contributed by atoms with van der Waals surface area (Å²) in [6, 6.07) is 7.10. The van der Waals surface area contributed by atoms with Crippen LogP contribution in [-0.2, 0) is 0 Å². The third-order valence-electron chi connectivity index (χ3n) is 4.50. The van der Waals surface area contributed by atoms with Gasteiger partial charge in [-0.25, -0.2) is 9.97 Å². The molecule has 136 valence electrons. The summed E-state index contributed by atoms with van der Waals surface area (Å²) in [5.74, 6) is 1.16. The zero-order valence-electron chi connectivity index (χ0n) is 15.2. The van der Waals surface area contributed by atoms with Crippen molar-refractivity contribution in [2.45, 2.75) is 13.8 Å². The van der Waals surface area contributed by atoms with E-state index in [9.17, 15) is 9.59 Å². The number of hydrogen-bond donors (Lipinski definition) is 0. The summed E-state index contributed by atoms with van der Waals surface area (Å²) in [6.07, 6.45) is 1.58. The topological polar surface area (TPSA) is 75.6 Å². The second-order valence-electron chi connectivity index (χ2n) is 6.23. The van der Waals surface area contributed by atoms with Gasteiger partial charge in [0.2, 0.25) is 0 Å². The number of nitrogens with zero attached hydrogens (tertiary/aromatic N) is 4. The quantitative estimate of drug-likeness (QED) is 0.839. The van der Waals surface area contributed by atoms with E-state index in [2.05, 4.69) is 9.97 Å². The Kier molecular flexibility index (Phi) is 5.16. The molecule has 1 fully saturated rings. The summed E-state index contributed by atoms with van der Waals surface area (Å²) >= 11 is 0. The van der Waals surface area contributed by atoms with E-state index in [1.165, 1.54) is 0 Å². The molecule has 1 aromatic carbocycles. The van der Waals surface area contributed by atoms with E-state index in [-0.39, 0.29) is 11.8 Å². The molecule has 26 heavy (non-hydrogen) atoms. The average Bonchev–Trinajstić information content (AvgIpc) is 2.67. The zero-order chi connectivity index (χ0) is 18.7. The van der Waals surface area contributed by atoms with Crippen LogP contribution in [0.3, 0.4) is 0 Å². The first-order chi connectivity index (χ1) is 12.5. The molecule has 1 aromatic heterocycles. The summed E-state index contributed by atoms with van der Waals surface area (Å²) in [5.41, 5.74) is 1.78. The first kappa shape index (κ1) is 17.8. The van der Waals surface area contributed by atoms with Crippen LogP contribution in [0, 0.1) is 13.8 Å². The molecular weight excluding hydrogens is 332 g/mol. The summed E-state index contributed by atoms with van der Waals surface area (Å²) in [6.45, 7) is 5.57. The molecule has 0 atom stereocenters. The molecule has 7 nitrogen and oxygen atoms in total. The molecule has 0 spiro atoms. The number of piperazine rings is 1. The lowest BCUT2D eigenvalue weighted by atomic mass is 10.1. The van der Waals surface area contributed by atoms with Crippen LogP contribution >= 0.6 is 0 Å². The lowest BCUT2D eigenvalue weighted by molar-refractivity contribution is 0.0534. The van der Waals surface area contributed by atoms with Crippen molar-refractivity contribution in [2.75, 3.05) is 33.3 Å². The lowest BCUT2D eigenvalue weighted by Gasteiger charge is -2.35. The summed E-state index contributed by atoms with van der Waals surface area (Å²) in [7, 11) is 1.57. The van der Waals surface area contributed by atoms with Crippen molar-refractivity contribution in [1.82, 2.24) is 19.8 Å². The van der Waals surface area contributed by atoms with Crippen LogP contribution in [0.1, 0.15) is 32.2 Å². The van der Waals surface area contributed by atoms with E-state index >= 15 is 0 Å². The molecule has 0 aliphatic carbocycles. The lowest BCUT2D eigenvalue weighted by Crippen LogP contribution is -2.50. The Labute approximate surface area is 152 Å². The Bertz CT molecular complexity index is 829. The van der Waals surface area contributed by atoms with Crippen molar-refractivity contribution in [3.05, 3.63) is 53.1 Å². The Balaban J connectivity index is 1.65. The van der Waals surface area contributed by atoms with E-state index < -0.39 is 0 Å². The minimum absolute atomic E-state index is 0.0501. The maximum absolute atomic E-state index is 12.7. The van der Waals surface area contributed by atoms with Crippen LogP contribution in [0.4, 0.5) is 0 Å². The van der Waals surface area contributed by atoms with Crippen LogP contribution in [0.2, 0.25) is 0 Å². The molecule has 2 amide bonds. The van der Waals surface area contributed by atoms with Gasteiger partial charge >= 0.3 is 0 Å². The van der Waals surface area contributed by atoms with Gasteiger partial charge in [0.05, 0.1) is 18.4 Å². The number of rotatable bonds is 3. The average molecular weight is 354 g/mol. The SMILES string of the molecule is COc1cccc(C(=O)N2CCN(C(=O)c3cnc(C)nc3C)CC2)c1. The van der Waals surface area contributed by atoms with Gasteiger partial charge in [-0.3, -0.25) is 9.59 Å². The number of benzene rings is 1. The van der Waals surface area contributed by atoms with Gasteiger partial charge in [0, 0.05) is 37.9 Å². The summed E-state index contributed by atoms with van der Waals surface area (Å²) in [4.78, 5) is 37.2. The first-order valence-corrected chi connectivity index (χ1v) is 8.52. The predicted octanol–water partition coefficient (Wildman–Crippen LogP) is 1.70. The number of aromatic nitrogens is 2. The van der Waals surface area contributed by atoms with Crippen molar-refractivity contribution in [2.24, 2.45) is 0 Å². The molecule has 0 N–H and O–H groups in total. The highest BCUT2D eigenvalue weighted by Gasteiger charge is 2.26. The van der Waals surface area contributed by atoms with Gasteiger partial charge in [-0.2, -0.15) is 0 Å². The van der Waals surface area contributed by atoms with Gasteiger partial charge in [0.1, 0.15) is 11.6 Å². The fraction of sp³-hybridized carbons (Fsp3) is 0.368. The molecule has 0 saturated carbocycles. The Morgan fingerprint density at radius 3 is 2.31 bits per heavy atom. The van der Waals surface area contributed by atoms with Gasteiger partial charge in [0.25, 0.3) is 11.8 Å². The smallest absolute Gasteiger partial charge is 0.257 e. The van der Waals surface area contributed by atoms with Gasteiger partial charge in [-0.15, -0.1) is 0 Å². The molecule has 2 heterocycles.